The van der Waals surface area contributed by atoms with Gasteiger partial charge in [0.15, 0.2) is 16.8 Å². The third-order valence-electron chi connectivity index (χ3n) is 3.47. The van der Waals surface area contributed by atoms with Gasteiger partial charge < -0.3 is 4.57 Å². The average Bonchev–Trinajstić information content (AvgIpc) is 3.01. The fourth-order valence-corrected chi connectivity index (χ4v) is 3.00. The number of hydrogen-bond donors (Lipinski definition) is 0. The van der Waals surface area contributed by atoms with E-state index in [2.05, 4.69) is 15.2 Å². The maximum atomic E-state index is 12.3. The molecule has 0 unspecified atom stereocenters. The Bertz CT molecular complexity index is 927. The van der Waals surface area contributed by atoms with E-state index in [4.69, 9.17) is 0 Å². The molecule has 0 spiro atoms. The molecule has 3 aromatic rings. The molecule has 0 aliphatic rings. The van der Waals surface area contributed by atoms with Crippen molar-refractivity contribution in [3.8, 4) is 11.4 Å². The van der Waals surface area contributed by atoms with Crippen LogP contribution in [0.15, 0.2) is 53.9 Å². The smallest absolute Gasteiger partial charge is 0.270 e. The van der Waals surface area contributed by atoms with E-state index in [1.807, 2.05) is 19.2 Å². The highest BCUT2D eigenvalue weighted by Gasteiger charge is 2.15. The van der Waals surface area contributed by atoms with E-state index in [0.29, 0.717) is 16.5 Å². The highest BCUT2D eigenvalue weighted by atomic mass is 32.2. The molecule has 126 valence electrons. The van der Waals surface area contributed by atoms with Gasteiger partial charge in [0.05, 0.1) is 10.7 Å². The maximum absolute atomic E-state index is 12.3. The summed E-state index contributed by atoms with van der Waals surface area (Å²) in [5, 5.41) is 19.6. The minimum Gasteiger partial charge on any atom is -0.305 e. The highest BCUT2D eigenvalue weighted by molar-refractivity contribution is 7.99. The van der Waals surface area contributed by atoms with Crippen LogP contribution >= 0.6 is 11.8 Å². The molecule has 0 atom stereocenters. The summed E-state index contributed by atoms with van der Waals surface area (Å²) in [5.41, 5.74) is 1.03. The minimum atomic E-state index is -0.521. The third kappa shape index (κ3) is 3.72. The lowest BCUT2D eigenvalue weighted by Gasteiger charge is -2.03. The first-order chi connectivity index (χ1) is 12.1. The van der Waals surface area contributed by atoms with Gasteiger partial charge in [-0.25, -0.2) is 0 Å². The number of aromatic nitrogens is 4. The van der Waals surface area contributed by atoms with E-state index in [1.54, 1.807) is 23.0 Å². The number of nitro groups is 1. The Morgan fingerprint density at radius 3 is 2.84 bits per heavy atom. The van der Waals surface area contributed by atoms with Crippen molar-refractivity contribution in [1.29, 1.82) is 0 Å². The van der Waals surface area contributed by atoms with Gasteiger partial charge in [0.2, 0.25) is 0 Å². The van der Waals surface area contributed by atoms with Crippen LogP contribution in [0.5, 0.6) is 0 Å². The molecule has 0 bridgehead atoms. The molecule has 0 saturated carbocycles. The molecule has 0 saturated heterocycles. The molecular weight excluding hydrogens is 342 g/mol. The summed E-state index contributed by atoms with van der Waals surface area (Å²) in [6, 6.07) is 9.38. The fourth-order valence-electron chi connectivity index (χ4n) is 2.19. The summed E-state index contributed by atoms with van der Waals surface area (Å²) in [7, 11) is 1.81. The topological polar surface area (TPSA) is 104 Å². The van der Waals surface area contributed by atoms with Crippen LogP contribution in [0.25, 0.3) is 11.4 Å². The number of hydrogen-bond acceptors (Lipinski definition) is 7. The van der Waals surface area contributed by atoms with Crippen LogP contribution in [0.4, 0.5) is 5.69 Å². The Hall–Kier alpha value is -3.07. The normalized spacial score (nSPS) is 10.6. The molecule has 25 heavy (non-hydrogen) atoms. The van der Waals surface area contributed by atoms with Gasteiger partial charge in [0.25, 0.3) is 5.69 Å². The van der Waals surface area contributed by atoms with Crippen molar-refractivity contribution in [2.45, 2.75) is 5.16 Å². The molecule has 0 N–H and O–H groups in total. The molecule has 2 aromatic heterocycles. The first-order valence-corrected chi connectivity index (χ1v) is 8.25. The predicted molar refractivity (Wildman–Crippen MR) is 92.4 cm³/mol. The van der Waals surface area contributed by atoms with Crippen LogP contribution < -0.4 is 0 Å². The zero-order valence-electron chi connectivity index (χ0n) is 13.2. The van der Waals surface area contributed by atoms with E-state index in [1.165, 1.54) is 30.0 Å². The zero-order valence-corrected chi connectivity index (χ0v) is 14.0. The molecule has 3 rings (SSSR count). The Kier molecular flexibility index (Phi) is 4.85. The van der Waals surface area contributed by atoms with Crippen LogP contribution in [-0.2, 0) is 7.05 Å². The summed E-state index contributed by atoms with van der Waals surface area (Å²) < 4.78 is 1.78. The quantitative estimate of drug-likeness (QED) is 0.290. The van der Waals surface area contributed by atoms with Crippen molar-refractivity contribution in [1.82, 2.24) is 19.7 Å². The van der Waals surface area contributed by atoms with Crippen molar-refractivity contribution in [2.75, 3.05) is 5.75 Å². The van der Waals surface area contributed by atoms with Crippen molar-refractivity contribution in [2.24, 2.45) is 7.05 Å². The summed E-state index contributed by atoms with van der Waals surface area (Å²) in [5.74, 6) is 0.554. The van der Waals surface area contributed by atoms with Gasteiger partial charge in [-0.1, -0.05) is 23.9 Å². The Morgan fingerprint density at radius 1 is 1.28 bits per heavy atom. The van der Waals surface area contributed by atoms with Gasteiger partial charge in [-0.15, -0.1) is 10.2 Å². The number of benzene rings is 1. The van der Waals surface area contributed by atoms with E-state index >= 15 is 0 Å². The standard InChI is InChI=1S/C16H13N5O3S/c1-20-15(12-5-3-7-17-9-12)18-19-16(20)25-10-14(22)11-4-2-6-13(8-11)21(23)24/h2-9H,10H2,1H3. The molecule has 0 amide bonds. The number of thioether (sulfide) groups is 1. The highest BCUT2D eigenvalue weighted by Crippen LogP contribution is 2.23. The number of rotatable bonds is 6. The maximum Gasteiger partial charge on any atom is 0.270 e. The first-order valence-electron chi connectivity index (χ1n) is 7.26. The monoisotopic (exact) mass is 355 g/mol. The van der Waals surface area contributed by atoms with Gasteiger partial charge in [-0.05, 0) is 12.1 Å². The molecule has 0 radical (unpaired) electrons. The van der Waals surface area contributed by atoms with Crippen molar-refractivity contribution in [3.05, 3.63) is 64.5 Å². The molecule has 2 heterocycles. The minimum absolute atomic E-state index is 0.103. The molecule has 0 fully saturated rings. The van der Waals surface area contributed by atoms with Gasteiger partial charge in [-0.2, -0.15) is 0 Å². The second kappa shape index (κ2) is 7.22. The van der Waals surface area contributed by atoms with Crippen molar-refractivity contribution in [3.63, 3.8) is 0 Å². The fraction of sp³-hybridized carbons (Fsp3) is 0.125. The van der Waals surface area contributed by atoms with E-state index < -0.39 is 4.92 Å². The van der Waals surface area contributed by atoms with Gasteiger partial charge in [0, 0.05) is 42.7 Å². The van der Waals surface area contributed by atoms with Crippen molar-refractivity contribution >= 4 is 23.2 Å². The second-order valence-corrected chi connectivity index (χ2v) is 6.07. The lowest BCUT2D eigenvalue weighted by Crippen LogP contribution is -2.04. The average molecular weight is 355 g/mol. The largest absolute Gasteiger partial charge is 0.305 e. The number of carbonyl (C=O) groups is 1. The van der Waals surface area contributed by atoms with E-state index in [0.717, 1.165) is 5.56 Å². The number of non-ortho nitro benzene ring substituents is 1. The lowest BCUT2D eigenvalue weighted by atomic mass is 10.1. The predicted octanol–water partition coefficient (Wildman–Crippen LogP) is 2.76. The first kappa shape index (κ1) is 16.8. The molecule has 0 aliphatic carbocycles. The van der Waals surface area contributed by atoms with Gasteiger partial charge >= 0.3 is 0 Å². The molecule has 8 nitrogen and oxygen atoms in total. The summed E-state index contributed by atoms with van der Waals surface area (Å²) in [6.45, 7) is 0. The number of nitrogens with zero attached hydrogens (tertiary/aromatic N) is 5. The number of Topliss-reactive ketones (excluding diaryl/α,β-unsaturated/α-hetero) is 1. The van der Waals surface area contributed by atoms with Crippen molar-refractivity contribution < 1.29 is 9.72 Å². The Morgan fingerprint density at radius 2 is 2.12 bits per heavy atom. The van der Waals surface area contributed by atoms with E-state index in [9.17, 15) is 14.9 Å². The SMILES string of the molecule is Cn1c(SCC(=O)c2cccc([N+](=O)[O-])c2)nnc1-c1cccnc1. The van der Waals surface area contributed by atoms with Crippen LogP contribution in [0.2, 0.25) is 0 Å². The lowest BCUT2D eigenvalue weighted by molar-refractivity contribution is -0.384. The van der Waals surface area contributed by atoms with Gasteiger partial charge in [0.1, 0.15) is 0 Å². The van der Waals surface area contributed by atoms with Crippen LogP contribution in [-0.4, -0.2) is 36.2 Å². The molecule has 1 aromatic carbocycles. The summed E-state index contributed by atoms with van der Waals surface area (Å²) >= 11 is 1.23. The van der Waals surface area contributed by atoms with Crippen LogP contribution in [0.1, 0.15) is 10.4 Å². The van der Waals surface area contributed by atoms with Crippen LogP contribution in [0, 0.1) is 10.1 Å². The number of nitro benzene ring substituents is 1. The zero-order chi connectivity index (χ0) is 17.8. The second-order valence-electron chi connectivity index (χ2n) is 5.13. The Balaban J connectivity index is 1.72. The number of pyridine rings is 1. The number of carbonyl (C=O) groups excluding carboxylic acids is 1. The number of ketones is 1. The Labute approximate surface area is 147 Å². The molecular formula is C16H13N5O3S. The van der Waals surface area contributed by atoms with Gasteiger partial charge in [-0.3, -0.25) is 19.9 Å². The summed E-state index contributed by atoms with van der Waals surface area (Å²) in [6.07, 6.45) is 3.36. The van der Waals surface area contributed by atoms with E-state index in [-0.39, 0.29) is 17.2 Å². The molecule has 9 heteroatoms. The summed E-state index contributed by atoms with van der Waals surface area (Å²) in [4.78, 5) is 26.6. The molecule has 0 aliphatic heterocycles. The third-order valence-corrected chi connectivity index (χ3v) is 4.49. The van der Waals surface area contributed by atoms with Crippen LogP contribution in [0.3, 0.4) is 0 Å².